The van der Waals surface area contributed by atoms with Crippen molar-refractivity contribution >= 4 is 29.0 Å². The zero-order chi connectivity index (χ0) is 30.7. The van der Waals surface area contributed by atoms with Crippen LogP contribution in [0.15, 0.2) is 6.07 Å². The fourth-order valence-electron chi connectivity index (χ4n) is 8.17. The lowest BCUT2D eigenvalue weighted by Gasteiger charge is -2.52. The number of hydrogen-bond acceptors (Lipinski definition) is 10. The number of piperidine rings is 1. The summed E-state index contributed by atoms with van der Waals surface area (Å²) in [5, 5.41) is 22.8. The number of phenols is 1. The number of fused-ring (bicyclic) bond motifs is 3. The van der Waals surface area contributed by atoms with E-state index in [-0.39, 0.29) is 24.2 Å². The molecule has 1 aromatic rings. The van der Waals surface area contributed by atoms with Crippen molar-refractivity contribution in [2.45, 2.75) is 63.6 Å². The number of methoxy groups -OCH3 is 1. The number of ketones is 4. The maximum Gasteiger partial charge on any atom is 0.235 e. The minimum absolute atomic E-state index is 0.00296. The monoisotopic (exact) mass is 583 g/mol. The third-order valence-corrected chi connectivity index (χ3v) is 10.1. The third kappa shape index (κ3) is 4.57. The first-order valence-corrected chi connectivity index (χ1v) is 14.8. The summed E-state index contributed by atoms with van der Waals surface area (Å²) < 4.78 is 5.82. The van der Waals surface area contributed by atoms with Crippen molar-refractivity contribution in [2.75, 3.05) is 34.3 Å². The molecular weight excluding hydrogens is 542 g/mol. The van der Waals surface area contributed by atoms with Gasteiger partial charge in [-0.25, -0.2) is 0 Å². The molecule has 2 unspecified atom stereocenters. The fourth-order valence-corrected chi connectivity index (χ4v) is 8.17. The molecule has 4 aliphatic rings. The molecule has 4 N–H and O–H groups in total. The summed E-state index contributed by atoms with van der Waals surface area (Å²) >= 11 is 0. The van der Waals surface area contributed by atoms with Crippen LogP contribution in [0.2, 0.25) is 0 Å². The van der Waals surface area contributed by atoms with E-state index in [0.29, 0.717) is 23.8 Å². The molecule has 3 fully saturated rings. The van der Waals surface area contributed by atoms with Gasteiger partial charge in [-0.15, -0.1) is 0 Å². The van der Waals surface area contributed by atoms with Gasteiger partial charge in [0.25, 0.3) is 0 Å². The molecule has 0 aromatic heterocycles. The summed E-state index contributed by atoms with van der Waals surface area (Å²) in [6, 6.07) is 0.373. The minimum atomic E-state index is -2.74. The molecule has 6 atom stereocenters. The molecule has 1 aromatic carbocycles. The second kappa shape index (κ2) is 11.2. The lowest BCUT2D eigenvalue weighted by atomic mass is 9.52. The summed E-state index contributed by atoms with van der Waals surface area (Å²) in [4.78, 5) is 70.5. The molecule has 11 nitrogen and oxygen atoms in total. The number of phenolic OH excluding ortho intramolecular Hbond substituents is 1. The molecule has 0 spiro atoms. The van der Waals surface area contributed by atoms with Crippen molar-refractivity contribution in [3.63, 3.8) is 0 Å². The number of rotatable bonds is 7. The van der Waals surface area contributed by atoms with E-state index >= 15 is 0 Å². The summed E-state index contributed by atoms with van der Waals surface area (Å²) in [5.41, 5.74) is 3.82. The number of Topliss-reactive ketones (excluding diaryl/α,β-unsaturated/α-hetero) is 4. The Bertz CT molecular complexity index is 1330. The molecule has 0 radical (unpaired) electrons. The summed E-state index contributed by atoms with van der Waals surface area (Å²) in [5.74, 6) is -9.36. The molecule has 11 heteroatoms. The minimum Gasteiger partial charge on any atom is -0.507 e. The van der Waals surface area contributed by atoms with Gasteiger partial charge < -0.3 is 20.7 Å². The van der Waals surface area contributed by atoms with Crippen molar-refractivity contribution < 1.29 is 38.9 Å². The van der Waals surface area contributed by atoms with Crippen LogP contribution in [0, 0.1) is 29.6 Å². The van der Waals surface area contributed by atoms with Gasteiger partial charge in [-0.05, 0) is 70.8 Å². The molecule has 1 aliphatic heterocycles. The van der Waals surface area contributed by atoms with Crippen molar-refractivity contribution in [2.24, 2.45) is 35.3 Å². The van der Waals surface area contributed by atoms with E-state index in [4.69, 9.17) is 10.5 Å². The van der Waals surface area contributed by atoms with E-state index in [1.54, 1.807) is 14.1 Å². The second-order valence-corrected chi connectivity index (χ2v) is 12.7. The molecule has 228 valence electrons. The van der Waals surface area contributed by atoms with Crippen LogP contribution in [0.3, 0.4) is 0 Å². The average molecular weight is 584 g/mol. The first-order valence-electron chi connectivity index (χ1n) is 14.8. The Hall–Kier alpha value is -3.15. The van der Waals surface area contributed by atoms with Gasteiger partial charge in [0.15, 0.2) is 34.7 Å². The zero-order valence-electron chi connectivity index (χ0n) is 24.7. The Balaban J connectivity index is 1.52. The van der Waals surface area contributed by atoms with Crippen molar-refractivity contribution in [1.82, 2.24) is 9.80 Å². The third-order valence-electron chi connectivity index (χ3n) is 10.1. The Kier molecular flexibility index (Phi) is 8.06. The van der Waals surface area contributed by atoms with Gasteiger partial charge in [-0.3, -0.25) is 33.8 Å². The number of nitrogens with two attached hydrogens (primary N) is 1. The molecule has 5 rings (SSSR count). The van der Waals surface area contributed by atoms with Gasteiger partial charge >= 0.3 is 0 Å². The number of benzene rings is 1. The normalized spacial score (nSPS) is 32.0. The highest BCUT2D eigenvalue weighted by Gasteiger charge is 2.69. The standard InChI is InChI=1S/C31H41N3O8/c1-5-6-15-7-9-34(10-8-15)14-17-13-20(35)22-18(27(17)42-4)11-16-12-19-24(33(2)3)26(37)23(30(32)40)29(39)31(19,41)28(38)21(16)25(22)36/h13,15-16,19,21,23-24,35,41H,5-12,14H2,1-4H3,(H2,32,40)/t16-,19-,21?,23?,24-,31-/m0/s1. The van der Waals surface area contributed by atoms with Crippen LogP contribution in [0.5, 0.6) is 11.5 Å². The molecule has 42 heavy (non-hydrogen) atoms. The van der Waals surface area contributed by atoms with Crippen LogP contribution in [-0.2, 0) is 32.1 Å². The number of likely N-dealkylation sites (N-methyl/N-ethyl adjacent to an activating group) is 1. The van der Waals surface area contributed by atoms with Gasteiger partial charge in [0.2, 0.25) is 5.91 Å². The number of carbonyl (C=O) groups is 5. The zero-order valence-corrected chi connectivity index (χ0v) is 24.7. The van der Waals surface area contributed by atoms with E-state index in [2.05, 4.69) is 11.8 Å². The SMILES string of the molecule is CCCC1CCN(Cc2cc(O)c3c(c2OC)C[C@H]2C[C@H]4[C@H](N(C)C)C(=O)C(C(N)=O)C(=O)[C@@]4(O)C(=O)C2C3=O)CC1. The van der Waals surface area contributed by atoms with E-state index < -0.39 is 64.4 Å². The molecule has 0 bridgehead atoms. The first kappa shape index (κ1) is 30.3. The largest absolute Gasteiger partial charge is 0.507 e. The first-order chi connectivity index (χ1) is 19.9. The van der Waals surface area contributed by atoms with Crippen LogP contribution in [0.25, 0.3) is 0 Å². The van der Waals surface area contributed by atoms with Gasteiger partial charge in [-0.2, -0.15) is 0 Å². The van der Waals surface area contributed by atoms with Gasteiger partial charge in [0.05, 0.1) is 24.6 Å². The summed E-state index contributed by atoms with van der Waals surface area (Å²) in [6.45, 7) is 4.57. The maximum atomic E-state index is 14.0. The van der Waals surface area contributed by atoms with Crippen molar-refractivity contribution in [1.29, 1.82) is 0 Å². The smallest absolute Gasteiger partial charge is 0.235 e. The van der Waals surface area contributed by atoms with Crippen molar-refractivity contribution in [3.8, 4) is 11.5 Å². The number of primary amides is 1. The van der Waals surface area contributed by atoms with Gasteiger partial charge in [0.1, 0.15) is 11.5 Å². The van der Waals surface area contributed by atoms with E-state index in [1.165, 1.54) is 24.5 Å². The number of likely N-dealkylation sites (tertiary alicyclic amines) is 1. The van der Waals surface area contributed by atoms with E-state index in [9.17, 15) is 34.2 Å². The highest BCUT2D eigenvalue weighted by atomic mass is 16.5. The number of aromatic hydroxyl groups is 1. The van der Waals surface area contributed by atoms with E-state index in [0.717, 1.165) is 37.9 Å². The Morgan fingerprint density at radius 2 is 1.83 bits per heavy atom. The number of nitrogens with zero attached hydrogens (tertiary/aromatic N) is 2. The average Bonchev–Trinajstić information content (AvgIpc) is 2.91. The fraction of sp³-hybridized carbons (Fsp3) is 0.645. The maximum absolute atomic E-state index is 14.0. The summed E-state index contributed by atoms with van der Waals surface area (Å²) in [6.07, 6.45) is 4.76. The van der Waals surface area contributed by atoms with E-state index in [1.807, 2.05) is 0 Å². The molecule has 2 saturated carbocycles. The van der Waals surface area contributed by atoms with Crippen LogP contribution in [0.1, 0.15) is 60.5 Å². The Morgan fingerprint density at radius 1 is 1.17 bits per heavy atom. The molecule has 1 saturated heterocycles. The Morgan fingerprint density at radius 3 is 2.40 bits per heavy atom. The number of amides is 1. The lowest BCUT2D eigenvalue weighted by molar-refractivity contribution is -0.181. The van der Waals surface area contributed by atoms with Crippen LogP contribution >= 0.6 is 0 Å². The predicted octanol–water partition coefficient (Wildman–Crippen LogP) is 0.888. The number of hydrogen-bond donors (Lipinski definition) is 3. The topological polar surface area (TPSA) is 168 Å². The second-order valence-electron chi connectivity index (χ2n) is 12.7. The quantitative estimate of drug-likeness (QED) is 0.392. The van der Waals surface area contributed by atoms with Gasteiger partial charge in [-0.1, -0.05) is 19.8 Å². The summed E-state index contributed by atoms with van der Waals surface area (Å²) in [7, 11) is 4.63. The molecular formula is C31H41N3O8. The Labute approximate surface area is 245 Å². The van der Waals surface area contributed by atoms with Crippen LogP contribution < -0.4 is 10.5 Å². The highest BCUT2D eigenvalue weighted by molar-refractivity contribution is 6.32. The number of carbonyl (C=O) groups excluding carboxylic acids is 5. The van der Waals surface area contributed by atoms with Gasteiger partial charge in [0, 0.05) is 23.6 Å². The van der Waals surface area contributed by atoms with Crippen LogP contribution in [-0.4, -0.2) is 95.0 Å². The lowest BCUT2D eigenvalue weighted by Crippen LogP contribution is -2.74. The number of aliphatic hydroxyl groups is 1. The van der Waals surface area contributed by atoms with Crippen molar-refractivity contribution in [3.05, 3.63) is 22.8 Å². The molecule has 3 aliphatic carbocycles. The highest BCUT2D eigenvalue weighted by Crippen LogP contribution is 2.52. The molecule has 1 amide bonds. The molecule has 1 heterocycles. The number of ether oxygens (including phenoxy) is 1. The van der Waals surface area contributed by atoms with Crippen LogP contribution in [0.4, 0.5) is 0 Å². The predicted molar refractivity (Wildman–Crippen MR) is 151 cm³/mol.